The van der Waals surface area contributed by atoms with E-state index < -0.39 is 5.97 Å². The standard InChI is InChI=1S/C40H72O5/c1-5-9-13-17-20-23-26-30-34-35(31-27-24-21-18-14-10-6-2)37(40(42)43)38(41)39(45-44-33-29-16-12-8-4)36(34)32-28-25-22-19-15-11-7-3/h41H,5-33H2,1-4H3,(H,42,43). The fourth-order valence-electron chi connectivity index (χ4n) is 6.50. The number of phenols is 1. The Balaban J connectivity index is 3.29. The highest BCUT2D eigenvalue weighted by Gasteiger charge is 2.28. The molecule has 0 unspecified atom stereocenters. The molecule has 0 aliphatic heterocycles. The molecule has 2 N–H and O–H groups in total. The van der Waals surface area contributed by atoms with Gasteiger partial charge in [-0.2, -0.15) is 4.89 Å². The van der Waals surface area contributed by atoms with Crippen molar-refractivity contribution in [2.45, 2.75) is 207 Å². The molecule has 0 aliphatic rings. The van der Waals surface area contributed by atoms with E-state index in [1.165, 1.54) is 96.3 Å². The van der Waals surface area contributed by atoms with Crippen molar-refractivity contribution in [1.29, 1.82) is 0 Å². The van der Waals surface area contributed by atoms with Crippen molar-refractivity contribution in [1.82, 2.24) is 0 Å². The van der Waals surface area contributed by atoms with Crippen molar-refractivity contribution >= 4 is 5.97 Å². The number of benzene rings is 1. The molecule has 0 atom stereocenters. The molecule has 5 heteroatoms. The summed E-state index contributed by atoms with van der Waals surface area (Å²) in [6.07, 6.45) is 31.7. The zero-order valence-corrected chi connectivity index (χ0v) is 30.1. The van der Waals surface area contributed by atoms with Gasteiger partial charge in [-0.3, -0.25) is 0 Å². The molecule has 45 heavy (non-hydrogen) atoms. The van der Waals surface area contributed by atoms with Crippen LogP contribution in [0.25, 0.3) is 0 Å². The summed E-state index contributed by atoms with van der Waals surface area (Å²) in [5.41, 5.74) is 2.98. The number of unbranched alkanes of at least 4 members (excludes halogenated alkanes) is 21. The fraction of sp³-hybridized carbons (Fsp3) is 0.825. The summed E-state index contributed by atoms with van der Waals surface area (Å²) >= 11 is 0. The number of aromatic hydroxyl groups is 1. The molecule has 1 aromatic carbocycles. The zero-order chi connectivity index (χ0) is 33.0. The summed E-state index contributed by atoms with van der Waals surface area (Å²) in [5, 5.41) is 21.9. The maximum atomic E-state index is 12.7. The third kappa shape index (κ3) is 18.2. The fourth-order valence-corrected chi connectivity index (χ4v) is 6.50. The third-order valence-electron chi connectivity index (χ3n) is 9.28. The largest absolute Gasteiger partial charge is 0.504 e. The van der Waals surface area contributed by atoms with E-state index in [9.17, 15) is 15.0 Å². The first kappa shape index (κ1) is 41.3. The predicted octanol–water partition coefficient (Wildman–Crippen LogP) is 12.9. The van der Waals surface area contributed by atoms with Crippen LogP contribution in [-0.2, 0) is 24.2 Å². The lowest BCUT2D eigenvalue weighted by molar-refractivity contribution is -0.208. The minimum atomic E-state index is -1.07. The highest BCUT2D eigenvalue weighted by molar-refractivity contribution is 5.94. The van der Waals surface area contributed by atoms with Crippen molar-refractivity contribution in [2.24, 2.45) is 0 Å². The van der Waals surface area contributed by atoms with Gasteiger partial charge < -0.3 is 15.1 Å². The molecular weight excluding hydrogens is 560 g/mol. The van der Waals surface area contributed by atoms with E-state index in [2.05, 4.69) is 27.7 Å². The number of rotatable bonds is 32. The number of aromatic carboxylic acids is 1. The lowest BCUT2D eigenvalue weighted by Crippen LogP contribution is -2.14. The van der Waals surface area contributed by atoms with Crippen LogP contribution in [0.5, 0.6) is 11.5 Å². The molecule has 0 fully saturated rings. The molecule has 262 valence electrons. The Labute approximate surface area is 278 Å². The smallest absolute Gasteiger partial charge is 0.339 e. The first-order valence-electron chi connectivity index (χ1n) is 19.4. The van der Waals surface area contributed by atoms with Gasteiger partial charge in [0.1, 0.15) is 5.56 Å². The predicted molar refractivity (Wildman–Crippen MR) is 191 cm³/mol. The van der Waals surface area contributed by atoms with Crippen LogP contribution in [0.3, 0.4) is 0 Å². The van der Waals surface area contributed by atoms with Gasteiger partial charge in [0, 0.05) is 5.56 Å². The van der Waals surface area contributed by atoms with E-state index >= 15 is 0 Å². The number of hydrogen-bond acceptors (Lipinski definition) is 4. The van der Waals surface area contributed by atoms with Gasteiger partial charge >= 0.3 is 5.97 Å². The van der Waals surface area contributed by atoms with E-state index in [1.807, 2.05) is 0 Å². The second-order valence-electron chi connectivity index (χ2n) is 13.4. The summed E-state index contributed by atoms with van der Waals surface area (Å²) in [5.74, 6) is -1.05. The molecule has 1 aromatic rings. The summed E-state index contributed by atoms with van der Waals surface area (Å²) < 4.78 is 0. The van der Waals surface area contributed by atoms with Crippen LogP contribution in [0.1, 0.15) is 215 Å². The van der Waals surface area contributed by atoms with Crippen molar-refractivity contribution in [3.8, 4) is 11.5 Å². The van der Waals surface area contributed by atoms with E-state index in [1.54, 1.807) is 0 Å². The second-order valence-corrected chi connectivity index (χ2v) is 13.4. The Kier molecular flexibility index (Phi) is 26.1. The summed E-state index contributed by atoms with van der Waals surface area (Å²) in [6, 6.07) is 0. The maximum Gasteiger partial charge on any atom is 0.339 e. The van der Waals surface area contributed by atoms with Gasteiger partial charge in [-0.1, -0.05) is 163 Å². The van der Waals surface area contributed by atoms with Crippen LogP contribution < -0.4 is 4.89 Å². The SMILES string of the molecule is CCCCCCCCCc1c(CCCCCCCCC)c(OOCCCCCC)c(O)c(C(=O)O)c1CCCCCCCCC. The van der Waals surface area contributed by atoms with E-state index in [0.29, 0.717) is 13.0 Å². The van der Waals surface area contributed by atoms with Crippen molar-refractivity contribution < 1.29 is 24.8 Å². The first-order chi connectivity index (χ1) is 22.0. The average molecular weight is 633 g/mol. The highest BCUT2D eigenvalue weighted by Crippen LogP contribution is 2.42. The van der Waals surface area contributed by atoms with E-state index in [0.717, 1.165) is 93.7 Å². The quantitative estimate of drug-likeness (QED) is 0.0469. The number of hydrogen-bond donors (Lipinski definition) is 2. The number of carboxylic acid groups (broad SMARTS) is 1. The Morgan fingerprint density at radius 2 is 0.844 bits per heavy atom. The normalized spacial score (nSPS) is 11.4. The molecule has 0 radical (unpaired) electrons. The van der Waals surface area contributed by atoms with Gasteiger partial charge in [0.25, 0.3) is 0 Å². The van der Waals surface area contributed by atoms with Gasteiger partial charge in [0.2, 0.25) is 5.75 Å². The Morgan fingerprint density at radius 1 is 0.489 bits per heavy atom. The molecule has 5 nitrogen and oxygen atoms in total. The topological polar surface area (TPSA) is 76.0 Å². The maximum absolute atomic E-state index is 12.7. The molecular formula is C40H72O5. The summed E-state index contributed by atoms with van der Waals surface area (Å²) in [4.78, 5) is 24.3. The van der Waals surface area contributed by atoms with Crippen LogP contribution in [-0.4, -0.2) is 22.8 Å². The number of carbonyl (C=O) groups is 1. The minimum Gasteiger partial charge on any atom is -0.504 e. The summed E-state index contributed by atoms with van der Waals surface area (Å²) in [7, 11) is 0. The molecule has 0 aromatic heterocycles. The lowest BCUT2D eigenvalue weighted by atomic mass is 9.85. The van der Waals surface area contributed by atoms with Crippen molar-refractivity contribution in [3.05, 3.63) is 22.3 Å². The van der Waals surface area contributed by atoms with E-state index in [4.69, 9.17) is 9.78 Å². The molecule has 0 spiro atoms. The average Bonchev–Trinajstić information content (AvgIpc) is 3.03. The Morgan fingerprint density at radius 3 is 1.27 bits per heavy atom. The molecule has 1 rings (SSSR count). The van der Waals surface area contributed by atoms with Crippen molar-refractivity contribution in [2.75, 3.05) is 6.61 Å². The molecule has 0 saturated carbocycles. The van der Waals surface area contributed by atoms with Crippen LogP contribution in [0.15, 0.2) is 0 Å². The minimum absolute atomic E-state index is 0.0341. The van der Waals surface area contributed by atoms with Gasteiger partial charge in [-0.05, 0) is 56.1 Å². The summed E-state index contributed by atoms with van der Waals surface area (Å²) in [6.45, 7) is 9.35. The van der Waals surface area contributed by atoms with Gasteiger partial charge in [-0.25, -0.2) is 4.79 Å². The zero-order valence-electron chi connectivity index (χ0n) is 30.1. The molecule has 0 saturated heterocycles. The lowest BCUT2D eigenvalue weighted by Gasteiger charge is -2.23. The second kappa shape index (κ2) is 28.5. The molecule has 0 bridgehead atoms. The Bertz CT molecular complexity index is 865. The molecule has 0 heterocycles. The molecule has 0 amide bonds. The van der Waals surface area contributed by atoms with E-state index in [-0.39, 0.29) is 17.1 Å². The van der Waals surface area contributed by atoms with Gasteiger partial charge in [-0.15, -0.1) is 0 Å². The Hall–Kier alpha value is -1.75. The molecule has 0 aliphatic carbocycles. The third-order valence-corrected chi connectivity index (χ3v) is 9.28. The van der Waals surface area contributed by atoms with Crippen LogP contribution in [0, 0.1) is 0 Å². The number of carboxylic acids is 1. The van der Waals surface area contributed by atoms with Gasteiger partial charge in [0.05, 0.1) is 6.61 Å². The van der Waals surface area contributed by atoms with Crippen LogP contribution in [0.2, 0.25) is 0 Å². The van der Waals surface area contributed by atoms with Crippen molar-refractivity contribution in [3.63, 3.8) is 0 Å². The van der Waals surface area contributed by atoms with Crippen LogP contribution >= 0.6 is 0 Å². The van der Waals surface area contributed by atoms with Crippen LogP contribution in [0.4, 0.5) is 0 Å². The first-order valence-corrected chi connectivity index (χ1v) is 19.4. The highest BCUT2D eigenvalue weighted by atomic mass is 17.2. The monoisotopic (exact) mass is 633 g/mol. The van der Waals surface area contributed by atoms with Gasteiger partial charge in [0.15, 0.2) is 5.75 Å².